The SMILES string of the molecule is CC(C)(C)c1cc(C2=CC=C(c3ccc(OCC4CO4)cc3)CC2)ccc1OCC1CO1. The third-order valence-electron chi connectivity index (χ3n) is 6.20. The van der Waals surface area contributed by atoms with Crippen LogP contribution in [0.4, 0.5) is 0 Å². The van der Waals surface area contributed by atoms with Crippen molar-refractivity contribution in [3.8, 4) is 11.5 Å². The highest BCUT2D eigenvalue weighted by Crippen LogP contribution is 2.37. The molecular formula is C28H32O4. The molecule has 2 atom stereocenters. The van der Waals surface area contributed by atoms with Gasteiger partial charge in [-0.1, -0.05) is 51.1 Å². The molecule has 4 heteroatoms. The van der Waals surface area contributed by atoms with Crippen molar-refractivity contribution in [3.05, 3.63) is 71.3 Å². The highest BCUT2D eigenvalue weighted by Gasteiger charge is 2.26. The minimum absolute atomic E-state index is 0.0153. The summed E-state index contributed by atoms with van der Waals surface area (Å²) < 4.78 is 22.3. The minimum Gasteiger partial charge on any atom is -0.491 e. The topological polar surface area (TPSA) is 43.5 Å². The predicted molar refractivity (Wildman–Crippen MR) is 127 cm³/mol. The molecule has 5 rings (SSSR count). The number of hydrogen-bond acceptors (Lipinski definition) is 4. The van der Waals surface area contributed by atoms with Crippen molar-refractivity contribution in [2.24, 2.45) is 0 Å². The monoisotopic (exact) mass is 432 g/mol. The number of benzene rings is 2. The van der Waals surface area contributed by atoms with Crippen molar-refractivity contribution in [2.45, 2.75) is 51.2 Å². The van der Waals surface area contributed by atoms with Crippen LogP contribution in [0.15, 0.2) is 54.6 Å². The molecule has 168 valence electrons. The molecular weight excluding hydrogens is 400 g/mol. The third kappa shape index (κ3) is 5.25. The Morgan fingerprint density at radius 3 is 1.91 bits per heavy atom. The van der Waals surface area contributed by atoms with Gasteiger partial charge in [0, 0.05) is 5.56 Å². The molecule has 0 radical (unpaired) electrons. The average molecular weight is 433 g/mol. The molecule has 2 aromatic rings. The lowest BCUT2D eigenvalue weighted by Gasteiger charge is -2.25. The molecule has 0 N–H and O–H groups in total. The maximum absolute atomic E-state index is 6.07. The van der Waals surface area contributed by atoms with E-state index >= 15 is 0 Å². The molecule has 0 amide bonds. The second-order valence-electron chi connectivity index (χ2n) is 9.90. The van der Waals surface area contributed by atoms with Crippen LogP contribution in [0.1, 0.15) is 50.3 Å². The zero-order valence-corrected chi connectivity index (χ0v) is 19.2. The van der Waals surface area contributed by atoms with Gasteiger partial charge in [0.25, 0.3) is 0 Å². The van der Waals surface area contributed by atoms with Gasteiger partial charge in [0.05, 0.1) is 13.2 Å². The Morgan fingerprint density at radius 1 is 0.781 bits per heavy atom. The Morgan fingerprint density at radius 2 is 1.34 bits per heavy atom. The molecule has 0 aromatic heterocycles. The summed E-state index contributed by atoms with van der Waals surface area (Å²) in [6.45, 7) is 9.64. The lowest BCUT2D eigenvalue weighted by atomic mass is 9.83. The largest absolute Gasteiger partial charge is 0.491 e. The van der Waals surface area contributed by atoms with E-state index in [9.17, 15) is 0 Å². The van der Waals surface area contributed by atoms with Crippen LogP contribution in [0.5, 0.6) is 11.5 Å². The second-order valence-corrected chi connectivity index (χ2v) is 9.90. The third-order valence-corrected chi connectivity index (χ3v) is 6.20. The lowest BCUT2D eigenvalue weighted by molar-refractivity contribution is 0.258. The van der Waals surface area contributed by atoms with Crippen LogP contribution in [0, 0.1) is 0 Å². The van der Waals surface area contributed by atoms with Gasteiger partial charge in [0.1, 0.15) is 36.9 Å². The maximum atomic E-state index is 6.07. The Kier molecular flexibility index (Phi) is 5.83. The van der Waals surface area contributed by atoms with Gasteiger partial charge in [0.2, 0.25) is 0 Å². The molecule has 1 aliphatic carbocycles. The van der Waals surface area contributed by atoms with E-state index in [0.29, 0.717) is 13.2 Å². The normalized spacial score (nSPS) is 22.1. The Bertz CT molecular complexity index is 1020. The molecule has 3 aliphatic rings. The summed E-state index contributed by atoms with van der Waals surface area (Å²) in [7, 11) is 0. The molecule has 2 heterocycles. The molecule has 2 aliphatic heterocycles. The van der Waals surface area contributed by atoms with E-state index < -0.39 is 0 Å². The predicted octanol–water partition coefficient (Wildman–Crippen LogP) is 5.80. The summed E-state index contributed by atoms with van der Waals surface area (Å²) in [5.41, 5.74) is 6.55. The molecule has 0 bridgehead atoms. The van der Waals surface area contributed by atoms with Gasteiger partial charge in [-0.25, -0.2) is 0 Å². The Balaban J connectivity index is 1.30. The molecule has 2 aromatic carbocycles. The van der Waals surface area contributed by atoms with Crippen LogP contribution in [0.25, 0.3) is 11.1 Å². The van der Waals surface area contributed by atoms with Gasteiger partial charge < -0.3 is 18.9 Å². The van der Waals surface area contributed by atoms with Crippen molar-refractivity contribution in [2.75, 3.05) is 26.4 Å². The first-order valence-electron chi connectivity index (χ1n) is 11.6. The van der Waals surface area contributed by atoms with Gasteiger partial charge in [-0.15, -0.1) is 0 Å². The summed E-state index contributed by atoms with van der Waals surface area (Å²) in [5.74, 6) is 1.88. The van der Waals surface area contributed by atoms with Crippen LogP contribution in [-0.2, 0) is 14.9 Å². The summed E-state index contributed by atoms with van der Waals surface area (Å²) in [4.78, 5) is 0. The zero-order valence-electron chi connectivity index (χ0n) is 19.2. The van der Waals surface area contributed by atoms with Crippen LogP contribution in [0.2, 0.25) is 0 Å². The van der Waals surface area contributed by atoms with E-state index in [1.807, 2.05) is 0 Å². The summed E-state index contributed by atoms with van der Waals surface area (Å²) in [6.07, 6.45) is 7.14. The van der Waals surface area contributed by atoms with Crippen LogP contribution in [0.3, 0.4) is 0 Å². The van der Waals surface area contributed by atoms with Crippen molar-refractivity contribution >= 4 is 11.1 Å². The van der Waals surface area contributed by atoms with E-state index in [4.69, 9.17) is 18.9 Å². The first-order chi connectivity index (χ1) is 15.5. The number of rotatable bonds is 8. The standard InChI is InChI=1S/C28H32O4/c1-28(2,3)26-14-22(10-13-27(26)32-18-25-17-31-25)21-6-4-19(5-7-21)20-8-11-23(12-9-20)29-15-24-16-30-24/h4,6,8-14,24-25H,5,7,15-18H2,1-3H3. The molecule has 32 heavy (non-hydrogen) atoms. The molecule has 0 saturated carbocycles. The molecule has 0 spiro atoms. The van der Waals surface area contributed by atoms with Gasteiger partial charge in [-0.05, 0) is 64.8 Å². The van der Waals surface area contributed by atoms with E-state index in [2.05, 4.69) is 75.4 Å². The Hall–Kier alpha value is -2.56. The average Bonchev–Trinajstić information content (AvgIpc) is 3.71. The van der Waals surface area contributed by atoms with E-state index in [-0.39, 0.29) is 17.6 Å². The molecule has 2 unspecified atom stereocenters. The quantitative estimate of drug-likeness (QED) is 0.495. The van der Waals surface area contributed by atoms with Gasteiger partial charge in [0.15, 0.2) is 0 Å². The molecule has 2 saturated heterocycles. The molecule has 4 nitrogen and oxygen atoms in total. The fourth-order valence-electron chi connectivity index (χ4n) is 4.03. The summed E-state index contributed by atoms with van der Waals surface area (Å²) >= 11 is 0. The fraction of sp³-hybridized carbons (Fsp3) is 0.429. The zero-order chi connectivity index (χ0) is 22.1. The van der Waals surface area contributed by atoms with Gasteiger partial charge in [-0.3, -0.25) is 0 Å². The fourth-order valence-corrected chi connectivity index (χ4v) is 4.03. The minimum atomic E-state index is 0.0153. The van der Waals surface area contributed by atoms with Crippen LogP contribution < -0.4 is 9.47 Å². The maximum Gasteiger partial charge on any atom is 0.123 e. The van der Waals surface area contributed by atoms with Crippen molar-refractivity contribution < 1.29 is 18.9 Å². The van der Waals surface area contributed by atoms with Crippen LogP contribution >= 0.6 is 0 Å². The van der Waals surface area contributed by atoms with E-state index in [1.165, 1.54) is 27.8 Å². The van der Waals surface area contributed by atoms with Crippen molar-refractivity contribution in [1.82, 2.24) is 0 Å². The highest BCUT2D eigenvalue weighted by atomic mass is 16.6. The van der Waals surface area contributed by atoms with Gasteiger partial charge >= 0.3 is 0 Å². The van der Waals surface area contributed by atoms with Crippen molar-refractivity contribution in [3.63, 3.8) is 0 Å². The van der Waals surface area contributed by atoms with E-state index in [1.54, 1.807) is 0 Å². The second kappa shape index (κ2) is 8.76. The lowest BCUT2D eigenvalue weighted by Crippen LogP contribution is -2.15. The smallest absolute Gasteiger partial charge is 0.123 e. The highest BCUT2D eigenvalue weighted by molar-refractivity contribution is 5.78. The van der Waals surface area contributed by atoms with Gasteiger partial charge in [-0.2, -0.15) is 0 Å². The number of epoxide rings is 2. The summed E-state index contributed by atoms with van der Waals surface area (Å²) in [6, 6.07) is 15.0. The summed E-state index contributed by atoms with van der Waals surface area (Å²) in [5, 5.41) is 0. The number of allylic oxidation sites excluding steroid dienone is 4. The van der Waals surface area contributed by atoms with Crippen LogP contribution in [-0.4, -0.2) is 38.6 Å². The first kappa shape index (κ1) is 21.3. The molecule has 2 fully saturated rings. The first-order valence-corrected chi connectivity index (χ1v) is 11.6. The number of ether oxygens (including phenoxy) is 4. The van der Waals surface area contributed by atoms with Crippen molar-refractivity contribution in [1.29, 1.82) is 0 Å². The van der Waals surface area contributed by atoms with E-state index in [0.717, 1.165) is 37.6 Å². The Labute approximate surface area is 190 Å². The number of hydrogen-bond donors (Lipinski definition) is 0.